The van der Waals surface area contributed by atoms with Crippen molar-refractivity contribution in [1.82, 2.24) is 4.90 Å². The van der Waals surface area contributed by atoms with Gasteiger partial charge in [0, 0.05) is 6.54 Å². The number of carbonyl (C=O) groups excluding carboxylic acids is 2. The van der Waals surface area contributed by atoms with Crippen LogP contribution in [0.5, 0.6) is 0 Å². The van der Waals surface area contributed by atoms with Gasteiger partial charge in [0.2, 0.25) is 0 Å². The number of nitrogens with zero attached hydrogens (tertiary/aromatic N) is 1. The van der Waals surface area contributed by atoms with Crippen molar-refractivity contribution in [3.63, 3.8) is 0 Å². The number of hydrogen-bond donors (Lipinski definition) is 2. The Balaban J connectivity index is 2.34. The second-order valence-corrected chi connectivity index (χ2v) is 5.30. The maximum atomic E-state index is 13.7. The topological polar surface area (TPSA) is 94.9 Å². The SMILES string of the molecule is CCCC(O)C(CN1C(=O)c2c(F)ccc(F)c2C1=O)C(=O)O. The summed E-state index contributed by atoms with van der Waals surface area (Å²) < 4.78 is 27.4. The lowest BCUT2D eigenvalue weighted by atomic mass is 9.98. The molecular weight excluding hydrogens is 312 g/mol. The molecule has 124 valence electrons. The van der Waals surface area contributed by atoms with Crippen molar-refractivity contribution in [2.75, 3.05) is 6.54 Å². The molecule has 1 aliphatic heterocycles. The second-order valence-electron chi connectivity index (χ2n) is 5.30. The summed E-state index contributed by atoms with van der Waals surface area (Å²) in [7, 11) is 0. The highest BCUT2D eigenvalue weighted by Crippen LogP contribution is 2.29. The Kier molecular flexibility index (Phi) is 4.74. The summed E-state index contributed by atoms with van der Waals surface area (Å²) in [6.07, 6.45) is -0.629. The average molecular weight is 327 g/mol. The molecule has 1 heterocycles. The summed E-state index contributed by atoms with van der Waals surface area (Å²) in [6, 6.07) is 1.45. The van der Waals surface area contributed by atoms with Crippen LogP contribution >= 0.6 is 0 Å². The minimum Gasteiger partial charge on any atom is -0.481 e. The number of imide groups is 1. The first kappa shape index (κ1) is 17.0. The first-order chi connectivity index (χ1) is 10.8. The molecule has 6 nitrogen and oxygen atoms in total. The summed E-state index contributed by atoms with van der Waals surface area (Å²) in [6.45, 7) is 1.08. The van der Waals surface area contributed by atoms with E-state index in [1.807, 2.05) is 0 Å². The van der Waals surface area contributed by atoms with Gasteiger partial charge >= 0.3 is 5.97 Å². The van der Waals surface area contributed by atoms with Crippen LogP contribution in [-0.4, -0.2) is 45.5 Å². The number of rotatable bonds is 6. The van der Waals surface area contributed by atoms with E-state index in [0.29, 0.717) is 11.3 Å². The van der Waals surface area contributed by atoms with Crippen LogP contribution in [0.4, 0.5) is 8.78 Å². The molecule has 0 aromatic heterocycles. The molecule has 1 aliphatic rings. The van der Waals surface area contributed by atoms with Gasteiger partial charge in [-0.1, -0.05) is 13.3 Å². The Morgan fingerprint density at radius 2 is 1.65 bits per heavy atom. The highest BCUT2D eigenvalue weighted by atomic mass is 19.1. The highest BCUT2D eigenvalue weighted by Gasteiger charge is 2.43. The number of hydrogen-bond acceptors (Lipinski definition) is 4. The fourth-order valence-electron chi connectivity index (χ4n) is 2.56. The third kappa shape index (κ3) is 2.94. The van der Waals surface area contributed by atoms with E-state index in [4.69, 9.17) is 0 Å². The molecule has 0 radical (unpaired) electrons. The maximum Gasteiger partial charge on any atom is 0.310 e. The summed E-state index contributed by atoms with van der Waals surface area (Å²) >= 11 is 0. The molecule has 0 fully saturated rings. The van der Waals surface area contributed by atoms with E-state index in [1.165, 1.54) is 0 Å². The number of benzene rings is 1. The van der Waals surface area contributed by atoms with Crippen molar-refractivity contribution >= 4 is 17.8 Å². The molecule has 2 N–H and O–H groups in total. The zero-order valence-corrected chi connectivity index (χ0v) is 12.3. The van der Waals surface area contributed by atoms with E-state index in [0.717, 1.165) is 12.1 Å². The molecule has 0 bridgehead atoms. The van der Waals surface area contributed by atoms with Crippen LogP contribution in [-0.2, 0) is 4.79 Å². The zero-order chi connectivity index (χ0) is 17.3. The fraction of sp³-hybridized carbons (Fsp3) is 0.400. The smallest absolute Gasteiger partial charge is 0.310 e. The van der Waals surface area contributed by atoms with E-state index in [9.17, 15) is 33.4 Å². The van der Waals surface area contributed by atoms with Crippen LogP contribution in [0.25, 0.3) is 0 Å². The van der Waals surface area contributed by atoms with Crippen molar-refractivity contribution < 1.29 is 33.4 Å². The lowest BCUT2D eigenvalue weighted by molar-refractivity contribution is -0.146. The standard InChI is InChI=1S/C15H15F2NO5/c1-2-3-10(19)7(15(22)23)6-18-13(20)11-8(16)4-5-9(17)12(11)14(18)21/h4-5,7,10,19H,2-3,6H2,1H3,(H,22,23). The van der Waals surface area contributed by atoms with E-state index in [-0.39, 0.29) is 6.42 Å². The quantitative estimate of drug-likeness (QED) is 0.771. The predicted octanol–water partition coefficient (Wildman–Crippen LogP) is 1.42. The first-order valence-electron chi connectivity index (χ1n) is 7.04. The lowest BCUT2D eigenvalue weighted by Gasteiger charge is -2.23. The number of aliphatic hydroxyl groups excluding tert-OH is 1. The molecule has 2 amide bonds. The van der Waals surface area contributed by atoms with Crippen LogP contribution in [0.1, 0.15) is 40.5 Å². The van der Waals surface area contributed by atoms with Crippen LogP contribution in [0.2, 0.25) is 0 Å². The molecule has 0 saturated carbocycles. The van der Waals surface area contributed by atoms with E-state index < -0.39 is 59.1 Å². The average Bonchev–Trinajstić information content (AvgIpc) is 2.73. The van der Waals surface area contributed by atoms with Crippen molar-refractivity contribution in [3.05, 3.63) is 34.9 Å². The van der Waals surface area contributed by atoms with E-state index in [1.54, 1.807) is 6.92 Å². The van der Waals surface area contributed by atoms with Gasteiger partial charge in [0.05, 0.1) is 17.2 Å². The van der Waals surface area contributed by atoms with Gasteiger partial charge in [-0.05, 0) is 18.6 Å². The Hall–Kier alpha value is -2.35. The fourth-order valence-corrected chi connectivity index (χ4v) is 2.56. The Bertz CT molecular complexity index is 635. The number of carbonyl (C=O) groups is 3. The van der Waals surface area contributed by atoms with Gasteiger partial charge in [-0.3, -0.25) is 19.3 Å². The van der Waals surface area contributed by atoms with Gasteiger partial charge in [-0.15, -0.1) is 0 Å². The van der Waals surface area contributed by atoms with Gasteiger partial charge in [0.25, 0.3) is 11.8 Å². The van der Waals surface area contributed by atoms with Crippen molar-refractivity contribution in [3.8, 4) is 0 Å². The van der Waals surface area contributed by atoms with Crippen molar-refractivity contribution in [1.29, 1.82) is 0 Å². The van der Waals surface area contributed by atoms with E-state index in [2.05, 4.69) is 0 Å². The molecule has 0 spiro atoms. The van der Waals surface area contributed by atoms with Gasteiger partial charge in [0.1, 0.15) is 17.6 Å². The molecule has 23 heavy (non-hydrogen) atoms. The number of halogens is 2. The number of aliphatic hydroxyl groups is 1. The van der Waals surface area contributed by atoms with Gasteiger partial charge in [-0.2, -0.15) is 0 Å². The Labute approximate surface area is 130 Å². The highest BCUT2D eigenvalue weighted by molar-refractivity contribution is 6.21. The second kappa shape index (κ2) is 6.41. The summed E-state index contributed by atoms with van der Waals surface area (Å²) in [4.78, 5) is 36.0. The summed E-state index contributed by atoms with van der Waals surface area (Å²) in [5.41, 5.74) is -1.41. The largest absolute Gasteiger partial charge is 0.481 e. The number of carboxylic acids is 1. The van der Waals surface area contributed by atoms with Crippen LogP contribution in [0.15, 0.2) is 12.1 Å². The molecule has 0 saturated heterocycles. The number of aliphatic carboxylic acids is 1. The summed E-state index contributed by atoms with van der Waals surface area (Å²) in [5, 5.41) is 19.0. The van der Waals surface area contributed by atoms with Gasteiger partial charge in [-0.25, -0.2) is 8.78 Å². The first-order valence-corrected chi connectivity index (χ1v) is 7.04. The van der Waals surface area contributed by atoms with Gasteiger partial charge < -0.3 is 10.2 Å². The zero-order valence-electron chi connectivity index (χ0n) is 12.3. The molecule has 2 rings (SSSR count). The third-order valence-electron chi connectivity index (χ3n) is 3.77. The molecule has 2 unspecified atom stereocenters. The number of carboxylic acid groups (broad SMARTS) is 1. The van der Waals surface area contributed by atoms with Crippen LogP contribution in [0, 0.1) is 17.6 Å². The molecule has 0 aliphatic carbocycles. The molecule has 1 aromatic carbocycles. The monoisotopic (exact) mass is 327 g/mol. The molecule has 1 aromatic rings. The number of fused-ring (bicyclic) bond motifs is 1. The third-order valence-corrected chi connectivity index (χ3v) is 3.77. The Morgan fingerprint density at radius 3 is 2.04 bits per heavy atom. The summed E-state index contributed by atoms with van der Waals surface area (Å²) in [5.74, 6) is -7.13. The predicted molar refractivity (Wildman–Crippen MR) is 73.8 cm³/mol. The van der Waals surface area contributed by atoms with Crippen LogP contribution < -0.4 is 0 Å². The number of amides is 2. The van der Waals surface area contributed by atoms with Gasteiger partial charge in [0.15, 0.2) is 0 Å². The Morgan fingerprint density at radius 1 is 1.17 bits per heavy atom. The van der Waals surface area contributed by atoms with Crippen LogP contribution in [0.3, 0.4) is 0 Å². The maximum absolute atomic E-state index is 13.7. The minimum atomic E-state index is -1.43. The molecular formula is C15H15F2NO5. The minimum absolute atomic E-state index is 0.156. The normalized spacial score (nSPS) is 16.4. The molecule has 2 atom stereocenters. The van der Waals surface area contributed by atoms with E-state index >= 15 is 0 Å². The molecule has 8 heteroatoms. The van der Waals surface area contributed by atoms with Crippen molar-refractivity contribution in [2.45, 2.75) is 25.9 Å². The van der Waals surface area contributed by atoms with Crippen molar-refractivity contribution in [2.24, 2.45) is 5.92 Å². The lowest BCUT2D eigenvalue weighted by Crippen LogP contribution is -2.42.